The fourth-order valence-corrected chi connectivity index (χ4v) is 4.27. The summed E-state index contributed by atoms with van der Waals surface area (Å²) in [5, 5.41) is 0. The summed E-state index contributed by atoms with van der Waals surface area (Å²) in [5.41, 5.74) is 0. The third-order valence-corrected chi connectivity index (χ3v) is 6.76. The van der Waals surface area contributed by atoms with Gasteiger partial charge in [-0.3, -0.25) is 19.9 Å². The molecule has 55 heavy (non-hydrogen) atoms. The molecule has 0 aliphatic rings. The van der Waals surface area contributed by atoms with Crippen LogP contribution >= 0.6 is 15.6 Å². The second-order valence-corrected chi connectivity index (χ2v) is 15.7. The molecule has 0 saturated carbocycles. The summed E-state index contributed by atoms with van der Waals surface area (Å²) in [4.78, 5) is 29.8. The van der Waals surface area contributed by atoms with Crippen molar-refractivity contribution in [2.75, 3.05) is 39.3 Å². The average molecular weight is 897 g/mol. The quantitative estimate of drug-likeness (QED) is 0.0461. The van der Waals surface area contributed by atoms with Crippen LogP contribution in [0, 0.1) is 0 Å². The van der Waals surface area contributed by atoms with Gasteiger partial charge in [0.25, 0.3) is 0 Å². The second kappa shape index (κ2) is 21.0. The van der Waals surface area contributed by atoms with Crippen LogP contribution in [0.4, 0.5) is 50.4 Å². The topological polar surface area (TPSA) is 93.8 Å². The standard InChI is InChI=1S/C30H48N10.2F6P.Ni/c1-4-7-16-38-22-13-34-28(38)25-31-10-19-37(20-11-32-26-29-35-14-23-39(29)17-8-5-2)21-12-33-27-30-36-15-24-40(30)18-9-6-3;2*1-7(2,3,4,5)6;/h13-15,22-27H,4-12,16-21H2,1-3H3;;;/q;2*-1;+2. The van der Waals surface area contributed by atoms with Gasteiger partial charge in [0, 0.05) is 76.4 Å². The predicted octanol–water partition coefficient (Wildman–Crippen LogP) is 11.4. The van der Waals surface area contributed by atoms with Crippen molar-refractivity contribution in [2.24, 2.45) is 15.0 Å². The Kier molecular flexibility index (Phi) is 19.9. The summed E-state index contributed by atoms with van der Waals surface area (Å²) in [7, 11) is -21.3. The monoisotopic (exact) mass is 896 g/mol. The third-order valence-electron chi connectivity index (χ3n) is 6.76. The second-order valence-electron chi connectivity index (χ2n) is 11.9. The van der Waals surface area contributed by atoms with Crippen LogP contribution in [0.3, 0.4) is 0 Å². The van der Waals surface area contributed by atoms with E-state index in [1.165, 1.54) is 0 Å². The molecule has 322 valence electrons. The molecule has 3 rings (SSSR count). The maximum absolute atomic E-state index is 10.7. The summed E-state index contributed by atoms with van der Waals surface area (Å²) >= 11 is 0. The van der Waals surface area contributed by atoms with Gasteiger partial charge in [0.05, 0.1) is 38.3 Å². The number of halogens is 12. The van der Waals surface area contributed by atoms with E-state index < -0.39 is 15.6 Å². The van der Waals surface area contributed by atoms with Crippen LogP contribution in [-0.2, 0) is 36.1 Å². The first-order chi connectivity index (χ1) is 24.6. The molecule has 0 amide bonds. The molecule has 0 radical (unpaired) electrons. The third kappa shape index (κ3) is 34.1. The summed E-state index contributed by atoms with van der Waals surface area (Å²) < 4.78 is 125. The Balaban J connectivity index is 0.00000165. The molecule has 3 heterocycles. The Labute approximate surface area is 322 Å². The van der Waals surface area contributed by atoms with E-state index in [2.05, 4.69) is 69.3 Å². The van der Waals surface area contributed by atoms with Gasteiger partial charge in [-0.1, -0.05) is 40.0 Å². The van der Waals surface area contributed by atoms with Gasteiger partial charge >= 0.3 is 82.5 Å². The van der Waals surface area contributed by atoms with Crippen molar-refractivity contribution in [2.45, 2.75) is 78.9 Å². The first-order valence-electron chi connectivity index (χ1n) is 17.0. The predicted molar refractivity (Wildman–Crippen MR) is 192 cm³/mol. The maximum Gasteiger partial charge on any atom is 2.00 e. The zero-order valence-corrected chi connectivity index (χ0v) is 33.3. The molecule has 10 nitrogen and oxygen atoms in total. The molecular formula is C30H48F12N10NiP2. The number of unbranched alkanes of at least 4 members (excludes halogenated alkanes) is 3. The summed E-state index contributed by atoms with van der Waals surface area (Å²) in [6, 6.07) is 0. The van der Waals surface area contributed by atoms with E-state index in [1.54, 1.807) is 0 Å². The van der Waals surface area contributed by atoms with Gasteiger partial charge in [0.1, 0.15) is 0 Å². The number of imidazole rings is 3. The van der Waals surface area contributed by atoms with Gasteiger partial charge in [-0.25, -0.2) is 15.0 Å². The number of aliphatic imine (C=N–C) groups is 3. The van der Waals surface area contributed by atoms with Crippen molar-refractivity contribution < 1.29 is 66.9 Å². The minimum atomic E-state index is -10.7. The Hall–Kier alpha value is -2.89. The van der Waals surface area contributed by atoms with E-state index in [4.69, 9.17) is 0 Å². The molecule has 0 atom stereocenters. The normalized spacial score (nSPS) is 14.8. The molecule has 0 bridgehead atoms. The molecule has 25 heteroatoms. The number of aromatic nitrogens is 6. The number of aryl methyl sites for hydroxylation is 3. The Bertz CT molecular complexity index is 1410. The molecule has 0 spiro atoms. The van der Waals surface area contributed by atoms with Crippen LogP contribution in [0.25, 0.3) is 0 Å². The molecule has 0 N–H and O–H groups in total. The largest absolute Gasteiger partial charge is 2.00 e. The van der Waals surface area contributed by atoms with Crippen LogP contribution in [0.5, 0.6) is 0 Å². The van der Waals surface area contributed by atoms with Crippen LogP contribution in [0.1, 0.15) is 76.8 Å². The van der Waals surface area contributed by atoms with Crippen LogP contribution in [0.2, 0.25) is 0 Å². The molecule has 3 aromatic rings. The molecule has 3 aromatic heterocycles. The average Bonchev–Trinajstić information content (AvgIpc) is 3.78. The van der Waals surface area contributed by atoms with Gasteiger partial charge in [0.15, 0.2) is 17.5 Å². The fourth-order valence-electron chi connectivity index (χ4n) is 4.27. The van der Waals surface area contributed by atoms with Crippen molar-refractivity contribution in [1.82, 2.24) is 33.6 Å². The van der Waals surface area contributed by atoms with Crippen LogP contribution in [0.15, 0.2) is 52.2 Å². The number of hydrogen-bond donors (Lipinski definition) is 0. The van der Waals surface area contributed by atoms with E-state index in [9.17, 15) is 50.4 Å². The first-order valence-corrected chi connectivity index (χ1v) is 21.1. The zero-order chi connectivity index (χ0) is 41.1. The number of rotatable bonds is 21. The molecule has 0 saturated heterocycles. The van der Waals surface area contributed by atoms with E-state index in [0.29, 0.717) is 19.6 Å². The van der Waals surface area contributed by atoms with Crippen LogP contribution in [-0.4, -0.2) is 91.5 Å². The van der Waals surface area contributed by atoms with Crippen molar-refractivity contribution in [3.63, 3.8) is 0 Å². The van der Waals surface area contributed by atoms with Gasteiger partial charge < -0.3 is 13.7 Å². The molecule has 0 aliphatic heterocycles. The van der Waals surface area contributed by atoms with E-state index in [0.717, 1.165) is 95.3 Å². The molecule has 0 unspecified atom stereocenters. The van der Waals surface area contributed by atoms with Gasteiger partial charge in [-0.05, 0) is 19.3 Å². The SMILES string of the molecule is CCCCn1ccnc1C=NCCN(CCN=Cc1nccn1CCCC)CCN=Cc1nccn1CCCC.F[P-](F)(F)(F)(F)F.F[P-](F)(F)(F)(F)F.[Ni+2]. The smallest absolute Gasteiger partial charge is 2.00 e. The maximum atomic E-state index is 9.87. The van der Waals surface area contributed by atoms with Crippen LogP contribution < -0.4 is 0 Å². The van der Waals surface area contributed by atoms with E-state index in [-0.39, 0.29) is 16.5 Å². The fraction of sp³-hybridized carbons (Fsp3) is 0.600. The van der Waals surface area contributed by atoms with Crippen molar-refractivity contribution in [3.8, 4) is 0 Å². The summed E-state index contributed by atoms with van der Waals surface area (Å²) in [5.74, 6) is 2.77. The van der Waals surface area contributed by atoms with Crippen molar-refractivity contribution in [1.29, 1.82) is 0 Å². The molecule has 0 aliphatic carbocycles. The number of hydrogen-bond acceptors (Lipinski definition) is 7. The minimum absolute atomic E-state index is 0. The van der Waals surface area contributed by atoms with Gasteiger partial charge in [-0.2, -0.15) is 0 Å². The Morgan fingerprint density at radius 1 is 0.509 bits per heavy atom. The summed E-state index contributed by atoms with van der Waals surface area (Å²) in [6.45, 7) is 14.2. The molecule has 0 aromatic carbocycles. The van der Waals surface area contributed by atoms with E-state index >= 15 is 0 Å². The molecule has 0 fully saturated rings. The first kappa shape index (κ1) is 52.1. The van der Waals surface area contributed by atoms with Gasteiger partial charge in [0.2, 0.25) is 0 Å². The van der Waals surface area contributed by atoms with Gasteiger partial charge in [-0.15, -0.1) is 0 Å². The van der Waals surface area contributed by atoms with Crippen molar-refractivity contribution >= 4 is 34.3 Å². The van der Waals surface area contributed by atoms with E-state index in [1.807, 2.05) is 55.8 Å². The Morgan fingerprint density at radius 3 is 0.964 bits per heavy atom. The Morgan fingerprint density at radius 2 is 0.745 bits per heavy atom. The minimum Gasteiger partial charge on any atom is 2.00 e. The summed E-state index contributed by atoms with van der Waals surface area (Å²) in [6.07, 6.45) is 24.2. The molecular weight excluding hydrogens is 849 g/mol. The number of nitrogens with zero attached hydrogens (tertiary/aromatic N) is 10. The van der Waals surface area contributed by atoms with Crippen molar-refractivity contribution in [3.05, 3.63) is 54.7 Å². The zero-order valence-electron chi connectivity index (χ0n) is 30.5.